The first-order valence-electron chi connectivity index (χ1n) is 6.18. The van der Waals surface area contributed by atoms with Gasteiger partial charge in [-0.05, 0) is 38.4 Å². The molecule has 1 saturated carbocycles. The summed E-state index contributed by atoms with van der Waals surface area (Å²) in [5.74, 6) is 0. The molecule has 1 atom stereocenters. The zero-order valence-corrected chi connectivity index (χ0v) is 11.1. The summed E-state index contributed by atoms with van der Waals surface area (Å²) in [6.45, 7) is 4.46. The minimum Gasteiger partial charge on any atom is -0.360 e. The molecule has 2 nitrogen and oxygen atoms in total. The first-order valence-corrected chi connectivity index (χ1v) is 6.59. The highest BCUT2D eigenvalue weighted by Crippen LogP contribution is 2.18. The Morgan fingerprint density at radius 1 is 1.47 bits per heavy atom. The second-order valence-electron chi connectivity index (χ2n) is 4.68. The Labute approximate surface area is 99.4 Å². The van der Waals surface area contributed by atoms with Gasteiger partial charge in [-0.1, -0.05) is 26.2 Å². The van der Waals surface area contributed by atoms with Crippen molar-refractivity contribution in [3.05, 3.63) is 0 Å². The summed E-state index contributed by atoms with van der Waals surface area (Å²) in [6, 6.07) is 1.19. The van der Waals surface area contributed by atoms with Crippen LogP contribution in [0.1, 0.15) is 52.4 Å². The fourth-order valence-corrected chi connectivity index (χ4v) is 2.50. The molecule has 1 aliphatic carbocycles. The lowest BCUT2D eigenvalue weighted by molar-refractivity contribution is 0.357. The summed E-state index contributed by atoms with van der Waals surface area (Å²) < 4.78 is 0. The summed E-state index contributed by atoms with van der Waals surface area (Å²) >= 11 is 5.42. The lowest BCUT2D eigenvalue weighted by Crippen LogP contribution is -2.45. The average Bonchev–Trinajstić information content (AvgIpc) is 2.69. The van der Waals surface area contributed by atoms with Gasteiger partial charge in [0.25, 0.3) is 0 Å². The number of hydrogen-bond acceptors (Lipinski definition) is 1. The largest absolute Gasteiger partial charge is 0.360 e. The van der Waals surface area contributed by atoms with E-state index in [1.807, 2.05) is 0 Å². The summed E-state index contributed by atoms with van der Waals surface area (Å²) in [7, 11) is 2.10. The van der Waals surface area contributed by atoms with Crippen LogP contribution in [-0.4, -0.2) is 29.1 Å². The molecule has 0 heterocycles. The molecule has 15 heavy (non-hydrogen) atoms. The van der Waals surface area contributed by atoms with Crippen molar-refractivity contribution in [1.82, 2.24) is 10.2 Å². The Morgan fingerprint density at radius 2 is 2.07 bits per heavy atom. The van der Waals surface area contributed by atoms with Gasteiger partial charge in [0, 0.05) is 19.1 Å². The van der Waals surface area contributed by atoms with Crippen molar-refractivity contribution in [2.75, 3.05) is 7.05 Å². The van der Waals surface area contributed by atoms with Crippen LogP contribution >= 0.6 is 12.2 Å². The zero-order chi connectivity index (χ0) is 11.3. The summed E-state index contributed by atoms with van der Waals surface area (Å²) in [5, 5.41) is 4.41. The second kappa shape index (κ2) is 6.31. The fourth-order valence-electron chi connectivity index (χ4n) is 2.16. The molecule has 0 bridgehead atoms. The maximum Gasteiger partial charge on any atom is 0.169 e. The molecule has 1 N–H and O–H groups in total. The Morgan fingerprint density at radius 3 is 2.60 bits per heavy atom. The van der Waals surface area contributed by atoms with Crippen molar-refractivity contribution < 1.29 is 0 Å². The molecular formula is C12H24N2S. The Bertz CT molecular complexity index is 200. The third-order valence-corrected chi connectivity index (χ3v) is 3.78. The minimum absolute atomic E-state index is 0.552. The van der Waals surface area contributed by atoms with Gasteiger partial charge in [0.15, 0.2) is 5.11 Å². The molecule has 1 aliphatic rings. The van der Waals surface area contributed by atoms with Gasteiger partial charge in [-0.25, -0.2) is 0 Å². The predicted molar refractivity (Wildman–Crippen MR) is 70.1 cm³/mol. The molecule has 0 aromatic carbocycles. The van der Waals surface area contributed by atoms with Gasteiger partial charge in [-0.3, -0.25) is 0 Å². The van der Waals surface area contributed by atoms with Crippen molar-refractivity contribution in [1.29, 1.82) is 0 Å². The summed E-state index contributed by atoms with van der Waals surface area (Å²) in [4.78, 5) is 2.21. The molecule has 0 amide bonds. The summed E-state index contributed by atoms with van der Waals surface area (Å²) in [6.07, 6.45) is 7.72. The van der Waals surface area contributed by atoms with Crippen LogP contribution in [0.2, 0.25) is 0 Å². The Kier molecular flexibility index (Phi) is 5.37. The van der Waals surface area contributed by atoms with Crippen molar-refractivity contribution in [3.8, 4) is 0 Å². The van der Waals surface area contributed by atoms with Gasteiger partial charge in [0.05, 0.1) is 0 Å². The average molecular weight is 228 g/mol. The molecule has 1 unspecified atom stereocenters. The van der Waals surface area contributed by atoms with E-state index in [4.69, 9.17) is 12.2 Å². The van der Waals surface area contributed by atoms with Gasteiger partial charge in [0.1, 0.15) is 0 Å². The molecule has 0 aromatic rings. The maximum atomic E-state index is 5.42. The van der Waals surface area contributed by atoms with Crippen molar-refractivity contribution >= 4 is 17.3 Å². The van der Waals surface area contributed by atoms with Gasteiger partial charge in [0.2, 0.25) is 0 Å². The van der Waals surface area contributed by atoms with E-state index in [1.54, 1.807) is 0 Å². The molecule has 88 valence electrons. The summed E-state index contributed by atoms with van der Waals surface area (Å²) in [5.41, 5.74) is 0. The van der Waals surface area contributed by atoms with E-state index in [0.717, 1.165) is 5.11 Å². The number of thiocarbonyl (C=S) groups is 1. The molecular weight excluding hydrogens is 204 g/mol. The lowest BCUT2D eigenvalue weighted by atomic mass is 10.2. The van der Waals surface area contributed by atoms with Crippen LogP contribution in [0.25, 0.3) is 0 Å². The van der Waals surface area contributed by atoms with E-state index >= 15 is 0 Å². The van der Waals surface area contributed by atoms with Crippen LogP contribution in [0.3, 0.4) is 0 Å². The van der Waals surface area contributed by atoms with Crippen molar-refractivity contribution in [2.24, 2.45) is 0 Å². The number of hydrogen-bond donors (Lipinski definition) is 1. The quantitative estimate of drug-likeness (QED) is 0.745. The van der Waals surface area contributed by atoms with Gasteiger partial charge in [-0.2, -0.15) is 0 Å². The number of nitrogens with one attached hydrogen (secondary N) is 1. The van der Waals surface area contributed by atoms with Gasteiger partial charge in [-0.15, -0.1) is 0 Å². The van der Waals surface area contributed by atoms with E-state index in [9.17, 15) is 0 Å². The molecule has 1 fully saturated rings. The zero-order valence-electron chi connectivity index (χ0n) is 10.3. The number of rotatable bonds is 4. The lowest BCUT2D eigenvalue weighted by Gasteiger charge is -2.29. The topological polar surface area (TPSA) is 15.3 Å². The van der Waals surface area contributed by atoms with Crippen molar-refractivity contribution in [2.45, 2.75) is 64.5 Å². The SMILES string of the molecule is CCCC(C)N(C)C(=S)NC1CCCC1. The Balaban J connectivity index is 2.31. The first-order chi connectivity index (χ1) is 7.15. The molecule has 0 aliphatic heterocycles. The van der Waals surface area contributed by atoms with E-state index in [-0.39, 0.29) is 0 Å². The third-order valence-electron chi connectivity index (χ3n) is 3.37. The van der Waals surface area contributed by atoms with Crippen LogP contribution in [0.5, 0.6) is 0 Å². The highest BCUT2D eigenvalue weighted by atomic mass is 32.1. The molecule has 3 heteroatoms. The van der Waals surface area contributed by atoms with E-state index in [1.165, 1.54) is 38.5 Å². The smallest absolute Gasteiger partial charge is 0.169 e. The minimum atomic E-state index is 0.552. The molecule has 0 aromatic heterocycles. The second-order valence-corrected chi connectivity index (χ2v) is 5.07. The fraction of sp³-hybridized carbons (Fsp3) is 0.917. The molecule has 0 saturated heterocycles. The van der Waals surface area contributed by atoms with Gasteiger partial charge < -0.3 is 10.2 Å². The highest BCUT2D eigenvalue weighted by molar-refractivity contribution is 7.80. The van der Waals surface area contributed by atoms with E-state index in [2.05, 4.69) is 31.1 Å². The standard InChI is InChI=1S/C12H24N2S/c1-4-7-10(2)14(3)12(15)13-11-8-5-6-9-11/h10-11H,4-9H2,1-3H3,(H,13,15). The van der Waals surface area contributed by atoms with Crippen LogP contribution in [0.15, 0.2) is 0 Å². The third kappa shape index (κ3) is 3.98. The first kappa shape index (κ1) is 12.8. The maximum absolute atomic E-state index is 5.42. The highest BCUT2D eigenvalue weighted by Gasteiger charge is 2.18. The normalized spacial score (nSPS) is 18.9. The van der Waals surface area contributed by atoms with Crippen molar-refractivity contribution in [3.63, 3.8) is 0 Å². The van der Waals surface area contributed by atoms with Crippen LogP contribution in [0.4, 0.5) is 0 Å². The number of nitrogens with zero attached hydrogens (tertiary/aromatic N) is 1. The van der Waals surface area contributed by atoms with E-state index in [0.29, 0.717) is 12.1 Å². The Hall–Kier alpha value is -0.310. The van der Waals surface area contributed by atoms with Crippen LogP contribution in [-0.2, 0) is 0 Å². The molecule has 1 rings (SSSR count). The molecule has 0 radical (unpaired) electrons. The molecule has 0 spiro atoms. The monoisotopic (exact) mass is 228 g/mol. The van der Waals surface area contributed by atoms with Crippen LogP contribution < -0.4 is 5.32 Å². The van der Waals surface area contributed by atoms with Gasteiger partial charge >= 0.3 is 0 Å². The van der Waals surface area contributed by atoms with Crippen LogP contribution in [0, 0.1) is 0 Å². The van der Waals surface area contributed by atoms with E-state index < -0.39 is 0 Å². The predicted octanol–water partition coefficient (Wildman–Crippen LogP) is 2.92.